The Balaban J connectivity index is 1.32. The van der Waals surface area contributed by atoms with Gasteiger partial charge in [-0.15, -0.1) is 0 Å². The average Bonchev–Trinajstić information content (AvgIpc) is 3.55. The van der Waals surface area contributed by atoms with E-state index in [4.69, 9.17) is 18.9 Å². The molecule has 6 N–H and O–H groups in total. The number of fused-ring (bicyclic) bond motifs is 2. The predicted molar refractivity (Wildman–Crippen MR) is 189 cm³/mol. The zero-order valence-electron chi connectivity index (χ0n) is 29.2. The van der Waals surface area contributed by atoms with Crippen LogP contribution >= 0.6 is 0 Å². The lowest BCUT2D eigenvalue weighted by Crippen LogP contribution is -2.60. The molecule has 0 unspecified atom stereocenters. The van der Waals surface area contributed by atoms with Crippen LogP contribution in [0.2, 0.25) is 18.6 Å². The molecule has 9 atom stereocenters. The van der Waals surface area contributed by atoms with E-state index >= 15 is 0 Å². The number of rotatable bonds is 10. The number of benzene rings is 3. The van der Waals surface area contributed by atoms with E-state index in [-0.39, 0.29) is 30.5 Å². The fraction of sp³-hybridized carbons (Fsp3) is 0.459. The van der Waals surface area contributed by atoms with Gasteiger partial charge in [-0.2, -0.15) is 0 Å². The maximum absolute atomic E-state index is 15.0. The van der Waals surface area contributed by atoms with Crippen LogP contribution in [0.5, 0.6) is 11.5 Å². The summed E-state index contributed by atoms with van der Waals surface area (Å²) in [7, 11) is 0.827. The first kappa shape index (κ1) is 36.9. The molecule has 2 saturated heterocycles. The number of carbonyl (C=O) groups is 2. The van der Waals surface area contributed by atoms with Crippen LogP contribution in [0, 0.1) is 5.92 Å². The molecule has 0 aromatic heterocycles. The molecular formula is C37H46N2O11Si. The number of aliphatic hydroxyl groups excluding tert-OH is 5. The van der Waals surface area contributed by atoms with Gasteiger partial charge in [0.15, 0.2) is 18.0 Å². The minimum absolute atomic E-state index is 0.0463. The number of methoxy groups -OCH3 is 2. The van der Waals surface area contributed by atoms with Gasteiger partial charge in [-0.1, -0.05) is 49.5 Å². The third kappa shape index (κ3) is 6.33. The molecule has 274 valence electrons. The van der Waals surface area contributed by atoms with Gasteiger partial charge in [0.1, 0.15) is 29.8 Å². The highest BCUT2D eigenvalue weighted by Gasteiger charge is 2.66. The Morgan fingerprint density at radius 1 is 0.941 bits per heavy atom. The lowest BCUT2D eigenvalue weighted by molar-refractivity contribution is -0.274. The number of carbonyl (C=O) groups excluding carboxylic acids is 2. The molecule has 13 nitrogen and oxygen atoms in total. The van der Waals surface area contributed by atoms with Gasteiger partial charge in [0.05, 0.1) is 40.6 Å². The van der Waals surface area contributed by atoms with Gasteiger partial charge in [0, 0.05) is 23.8 Å². The molecule has 3 aliphatic rings. The summed E-state index contributed by atoms with van der Waals surface area (Å²) >= 11 is 0. The van der Waals surface area contributed by atoms with Crippen molar-refractivity contribution in [3.05, 3.63) is 77.9 Å². The Morgan fingerprint density at radius 2 is 1.63 bits per heavy atom. The summed E-state index contributed by atoms with van der Waals surface area (Å²) in [4.78, 5) is 29.7. The summed E-state index contributed by atoms with van der Waals surface area (Å²) in [6.07, 6.45) is -8.87. The van der Waals surface area contributed by atoms with Crippen molar-refractivity contribution in [2.75, 3.05) is 31.0 Å². The van der Waals surface area contributed by atoms with Crippen molar-refractivity contribution in [3.8, 4) is 11.5 Å². The Labute approximate surface area is 297 Å². The van der Waals surface area contributed by atoms with E-state index in [9.17, 15) is 35.1 Å². The van der Waals surface area contributed by atoms with E-state index in [1.807, 2.05) is 30.3 Å². The molecule has 6 rings (SSSR count). The van der Waals surface area contributed by atoms with E-state index in [2.05, 4.69) is 37.5 Å². The summed E-state index contributed by atoms with van der Waals surface area (Å²) in [5.41, 5.74) is 0.946. The van der Waals surface area contributed by atoms with Crippen LogP contribution in [0.3, 0.4) is 0 Å². The monoisotopic (exact) mass is 722 g/mol. The van der Waals surface area contributed by atoms with Crippen molar-refractivity contribution in [1.82, 2.24) is 0 Å². The van der Waals surface area contributed by atoms with E-state index < -0.39 is 56.4 Å². The van der Waals surface area contributed by atoms with Crippen LogP contribution in [0.15, 0.2) is 66.7 Å². The molecule has 3 aliphatic heterocycles. The van der Waals surface area contributed by atoms with Crippen molar-refractivity contribution in [1.29, 1.82) is 0 Å². The molecular weight excluding hydrogens is 676 g/mol. The van der Waals surface area contributed by atoms with Crippen molar-refractivity contribution in [2.24, 2.45) is 5.92 Å². The Hall–Kier alpha value is -3.86. The number of hydrogen-bond donors (Lipinski definition) is 6. The molecule has 0 bridgehead atoms. The molecule has 3 heterocycles. The minimum Gasteiger partial charge on any atom is -0.497 e. The normalized spacial score (nSPS) is 30.4. The molecule has 3 aromatic carbocycles. The van der Waals surface area contributed by atoms with Gasteiger partial charge in [0.2, 0.25) is 0 Å². The first-order valence-corrected chi connectivity index (χ1v) is 20.1. The zero-order valence-corrected chi connectivity index (χ0v) is 30.2. The summed E-state index contributed by atoms with van der Waals surface area (Å²) < 4.78 is 23.1. The lowest BCUT2D eigenvalue weighted by atomic mass is 9.82. The van der Waals surface area contributed by atoms with Crippen LogP contribution in [0.1, 0.15) is 24.5 Å². The molecule has 1 spiro atoms. The molecule has 0 aliphatic carbocycles. The first-order valence-electron chi connectivity index (χ1n) is 17.0. The lowest BCUT2D eigenvalue weighted by Gasteiger charge is -2.37. The van der Waals surface area contributed by atoms with Crippen LogP contribution in [-0.4, -0.2) is 103 Å². The van der Waals surface area contributed by atoms with Crippen LogP contribution in [-0.2, 0) is 31.2 Å². The van der Waals surface area contributed by atoms with Gasteiger partial charge in [-0.05, 0) is 60.0 Å². The second-order valence-electron chi connectivity index (χ2n) is 14.1. The SMILES string of the molecule is COc1ccc([Si](C)(C)[C@H]2[C@H](CCO)O[C@@]3(C(=O)N(Cc4cccc(NC(=O)[C@H]5O[C@@H](O)[C@H](O)[C@@H](O)[C@@H]5O)c4)c4ccc(OC)cc43)[C@@H]2C)cc1. The first-order chi connectivity index (χ1) is 24.3. The molecule has 0 saturated carbocycles. The number of hydrogen-bond acceptors (Lipinski definition) is 11. The van der Waals surface area contributed by atoms with Crippen molar-refractivity contribution in [3.63, 3.8) is 0 Å². The van der Waals surface area contributed by atoms with Crippen LogP contribution in [0.4, 0.5) is 11.4 Å². The highest BCUT2D eigenvalue weighted by atomic mass is 28.3. The quantitative estimate of drug-likeness (QED) is 0.167. The third-order valence-electron chi connectivity index (χ3n) is 10.8. The van der Waals surface area contributed by atoms with Crippen LogP contribution in [0.25, 0.3) is 0 Å². The van der Waals surface area contributed by atoms with Crippen LogP contribution < -0.4 is 24.9 Å². The summed E-state index contributed by atoms with van der Waals surface area (Å²) in [5, 5.41) is 54.0. The van der Waals surface area contributed by atoms with Crippen molar-refractivity contribution >= 4 is 36.4 Å². The Kier molecular flexibility index (Phi) is 10.3. The summed E-state index contributed by atoms with van der Waals surface area (Å²) in [6.45, 7) is 6.64. The van der Waals surface area contributed by atoms with Crippen molar-refractivity contribution < 1.29 is 54.1 Å². The standard InChI is InChI=1S/C37H46N2O11Si/c1-20-33(51(4,5)25-12-9-23(47-2)10-13-25)28(15-16-40)50-37(20)26-18-24(48-3)11-14-27(26)39(36(37)46)19-21-7-6-8-22(17-21)38-34(44)32-30(42)29(41)31(43)35(45)49-32/h6-14,17-18,20,28-33,35,40-43,45H,15-16,19H2,1-5H3,(H,38,44)/t20-,28+,29+,30+,31-,32+,33-,35-,37+/m1/s1. The Bertz CT molecular complexity index is 1760. The third-order valence-corrected chi connectivity index (χ3v) is 15.2. The van der Waals surface area contributed by atoms with Crippen molar-refractivity contribution in [2.45, 2.75) is 80.9 Å². The summed E-state index contributed by atoms with van der Waals surface area (Å²) in [5.74, 6) is -0.0230. The highest BCUT2D eigenvalue weighted by molar-refractivity contribution is 6.91. The minimum atomic E-state index is -2.37. The topological polar surface area (TPSA) is 187 Å². The summed E-state index contributed by atoms with van der Waals surface area (Å²) in [6, 6.07) is 20.3. The largest absolute Gasteiger partial charge is 0.497 e. The van der Waals surface area contributed by atoms with E-state index in [0.717, 1.165) is 5.75 Å². The maximum atomic E-state index is 15.0. The number of nitrogens with zero attached hydrogens (tertiary/aromatic N) is 1. The number of anilines is 2. The van der Waals surface area contributed by atoms with Gasteiger partial charge in [0.25, 0.3) is 11.8 Å². The molecule has 2 amide bonds. The van der Waals surface area contributed by atoms with Gasteiger partial charge >= 0.3 is 0 Å². The van der Waals surface area contributed by atoms with E-state index in [1.54, 1.807) is 43.4 Å². The second-order valence-corrected chi connectivity index (χ2v) is 18.7. The number of aliphatic hydroxyl groups is 5. The van der Waals surface area contributed by atoms with Gasteiger partial charge in [-0.3, -0.25) is 9.59 Å². The fourth-order valence-electron chi connectivity index (χ4n) is 8.19. The maximum Gasteiger partial charge on any atom is 0.264 e. The highest BCUT2D eigenvalue weighted by Crippen LogP contribution is 2.60. The zero-order chi connectivity index (χ0) is 36.8. The number of ether oxygens (including phenoxy) is 4. The Morgan fingerprint density at radius 3 is 2.29 bits per heavy atom. The van der Waals surface area contributed by atoms with Gasteiger partial charge < -0.3 is 54.7 Å². The van der Waals surface area contributed by atoms with Gasteiger partial charge in [-0.25, -0.2) is 0 Å². The average molecular weight is 723 g/mol. The smallest absolute Gasteiger partial charge is 0.264 e. The fourth-order valence-corrected chi connectivity index (χ4v) is 12.3. The predicted octanol–water partition coefficient (Wildman–Crippen LogP) is 1.59. The molecule has 51 heavy (non-hydrogen) atoms. The van der Waals surface area contributed by atoms with E-state index in [1.165, 1.54) is 5.19 Å². The number of amides is 2. The molecule has 0 radical (unpaired) electrons. The van der Waals surface area contributed by atoms with E-state index in [0.29, 0.717) is 34.7 Å². The molecule has 3 aromatic rings. The second kappa shape index (κ2) is 14.3. The molecule has 14 heteroatoms. The molecule has 2 fully saturated rings. The number of nitrogens with one attached hydrogen (secondary N) is 1.